The molecule has 2 aromatic rings. The molecule has 0 saturated heterocycles. The van der Waals surface area contributed by atoms with E-state index in [1.807, 2.05) is 49.4 Å². The van der Waals surface area contributed by atoms with Crippen LogP contribution in [-0.4, -0.2) is 50.8 Å². The maximum absolute atomic E-state index is 11.7. The van der Waals surface area contributed by atoms with Gasteiger partial charge in [-0.3, -0.25) is 9.79 Å². The van der Waals surface area contributed by atoms with Crippen LogP contribution in [-0.2, 0) is 6.42 Å². The van der Waals surface area contributed by atoms with Gasteiger partial charge in [-0.1, -0.05) is 24.3 Å². The second-order valence-corrected chi connectivity index (χ2v) is 6.46. The standard InChI is InChI=1S/C22H30N4O3.HI/c1-4-24-22(26-15-20(27)17-8-10-19(29-3)11-9-17)25-13-12-16-6-5-7-18(14-16)21(28)23-2;/h5-11,14,20,27H,4,12-13,15H2,1-3H3,(H,23,28)(H2,24,25,26);1H. The number of benzene rings is 2. The second-order valence-electron chi connectivity index (χ2n) is 6.46. The van der Waals surface area contributed by atoms with E-state index >= 15 is 0 Å². The molecule has 0 saturated carbocycles. The SMILES string of the molecule is CCNC(=NCC(O)c1ccc(OC)cc1)NCCc1cccc(C(=O)NC)c1.I. The number of aliphatic imine (C=N–C) groups is 1. The van der Waals surface area contributed by atoms with Gasteiger partial charge in [0.2, 0.25) is 0 Å². The number of guanidine groups is 1. The average Bonchev–Trinajstić information content (AvgIpc) is 2.77. The van der Waals surface area contributed by atoms with Crippen molar-refractivity contribution in [2.75, 3.05) is 33.8 Å². The predicted octanol–water partition coefficient (Wildman–Crippen LogP) is 2.50. The molecule has 4 N–H and O–H groups in total. The van der Waals surface area contributed by atoms with Crippen LogP contribution in [0.4, 0.5) is 0 Å². The Morgan fingerprint density at radius 3 is 2.53 bits per heavy atom. The summed E-state index contributed by atoms with van der Waals surface area (Å²) in [5, 5.41) is 19.4. The summed E-state index contributed by atoms with van der Waals surface area (Å²) in [6, 6.07) is 14.9. The van der Waals surface area contributed by atoms with Gasteiger partial charge in [0, 0.05) is 25.7 Å². The third-order valence-electron chi connectivity index (χ3n) is 4.39. The largest absolute Gasteiger partial charge is 0.497 e. The third-order valence-corrected chi connectivity index (χ3v) is 4.39. The van der Waals surface area contributed by atoms with Gasteiger partial charge in [0.15, 0.2) is 5.96 Å². The molecular weight excluding hydrogens is 495 g/mol. The topological polar surface area (TPSA) is 95.0 Å². The van der Waals surface area contributed by atoms with Gasteiger partial charge in [-0.25, -0.2) is 0 Å². The highest BCUT2D eigenvalue weighted by molar-refractivity contribution is 14.0. The van der Waals surface area contributed by atoms with Crippen LogP contribution in [0.1, 0.15) is 34.5 Å². The Kier molecular flexibility index (Phi) is 11.8. The lowest BCUT2D eigenvalue weighted by atomic mass is 10.1. The molecule has 0 bridgehead atoms. The van der Waals surface area contributed by atoms with E-state index in [4.69, 9.17) is 4.74 Å². The van der Waals surface area contributed by atoms with Gasteiger partial charge in [0.05, 0.1) is 19.8 Å². The summed E-state index contributed by atoms with van der Waals surface area (Å²) in [6.07, 6.45) is 0.0524. The Labute approximate surface area is 195 Å². The summed E-state index contributed by atoms with van der Waals surface area (Å²) in [6.45, 7) is 3.61. The average molecular weight is 526 g/mol. The first-order valence-electron chi connectivity index (χ1n) is 9.72. The van der Waals surface area contributed by atoms with Gasteiger partial charge >= 0.3 is 0 Å². The van der Waals surface area contributed by atoms with Gasteiger partial charge in [0.1, 0.15) is 5.75 Å². The lowest BCUT2D eigenvalue weighted by Crippen LogP contribution is -2.38. The second kappa shape index (κ2) is 13.8. The van der Waals surface area contributed by atoms with Gasteiger partial charge < -0.3 is 25.8 Å². The van der Waals surface area contributed by atoms with Crippen molar-refractivity contribution in [1.29, 1.82) is 0 Å². The van der Waals surface area contributed by atoms with Crippen molar-refractivity contribution >= 4 is 35.8 Å². The maximum Gasteiger partial charge on any atom is 0.251 e. The van der Waals surface area contributed by atoms with E-state index in [-0.39, 0.29) is 36.4 Å². The van der Waals surface area contributed by atoms with E-state index in [0.717, 1.165) is 29.8 Å². The molecule has 7 nitrogen and oxygen atoms in total. The number of amides is 1. The molecule has 2 aromatic carbocycles. The van der Waals surface area contributed by atoms with Crippen molar-refractivity contribution in [3.63, 3.8) is 0 Å². The monoisotopic (exact) mass is 526 g/mol. The van der Waals surface area contributed by atoms with E-state index in [1.54, 1.807) is 20.2 Å². The van der Waals surface area contributed by atoms with Crippen LogP contribution in [0.3, 0.4) is 0 Å². The van der Waals surface area contributed by atoms with Gasteiger partial charge in [-0.15, -0.1) is 24.0 Å². The van der Waals surface area contributed by atoms with Crippen LogP contribution in [0.15, 0.2) is 53.5 Å². The van der Waals surface area contributed by atoms with Crippen molar-refractivity contribution in [2.45, 2.75) is 19.4 Å². The van der Waals surface area contributed by atoms with E-state index in [0.29, 0.717) is 18.1 Å². The first-order valence-corrected chi connectivity index (χ1v) is 9.72. The highest BCUT2D eigenvalue weighted by atomic mass is 127. The Hall–Kier alpha value is -2.33. The number of nitrogens with one attached hydrogen (secondary N) is 3. The Morgan fingerprint density at radius 2 is 1.90 bits per heavy atom. The molecule has 164 valence electrons. The molecule has 0 aliphatic rings. The quantitative estimate of drug-likeness (QED) is 0.229. The molecule has 1 unspecified atom stereocenters. The van der Waals surface area contributed by atoms with Gasteiger partial charge in [-0.05, 0) is 48.7 Å². The number of nitrogens with zero attached hydrogens (tertiary/aromatic N) is 1. The van der Waals surface area contributed by atoms with Crippen LogP contribution in [0, 0.1) is 0 Å². The zero-order valence-electron chi connectivity index (χ0n) is 17.6. The molecule has 0 aromatic heterocycles. The number of methoxy groups -OCH3 is 1. The van der Waals surface area contributed by atoms with Crippen LogP contribution in [0.2, 0.25) is 0 Å². The number of rotatable bonds is 9. The van der Waals surface area contributed by atoms with Crippen molar-refractivity contribution in [2.24, 2.45) is 4.99 Å². The number of hydrogen-bond acceptors (Lipinski definition) is 4. The number of aliphatic hydroxyl groups is 1. The third kappa shape index (κ3) is 8.19. The molecule has 1 atom stereocenters. The summed E-state index contributed by atoms with van der Waals surface area (Å²) >= 11 is 0. The number of ether oxygens (including phenoxy) is 1. The van der Waals surface area contributed by atoms with E-state index < -0.39 is 6.10 Å². The molecule has 0 aliphatic heterocycles. The Morgan fingerprint density at radius 1 is 1.17 bits per heavy atom. The maximum atomic E-state index is 11.7. The number of halogens is 1. The highest BCUT2D eigenvalue weighted by Crippen LogP contribution is 2.17. The fourth-order valence-electron chi connectivity index (χ4n) is 2.79. The summed E-state index contributed by atoms with van der Waals surface area (Å²) in [7, 11) is 3.23. The molecule has 0 aliphatic carbocycles. The molecule has 2 rings (SSSR count). The number of hydrogen-bond donors (Lipinski definition) is 4. The van der Waals surface area contributed by atoms with Crippen LogP contribution < -0.4 is 20.7 Å². The first kappa shape index (κ1) is 25.7. The van der Waals surface area contributed by atoms with Gasteiger partial charge in [-0.2, -0.15) is 0 Å². The first-order chi connectivity index (χ1) is 14.1. The molecule has 0 fully saturated rings. The van der Waals surface area contributed by atoms with Crippen molar-refractivity contribution < 1.29 is 14.6 Å². The van der Waals surface area contributed by atoms with Gasteiger partial charge in [0.25, 0.3) is 5.91 Å². The minimum Gasteiger partial charge on any atom is -0.497 e. The van der Waals surface area contributed by atoms with E-state index in [2.05, 4.69) is 20.9 Å². The Bertz CT molecular complexity index is 812. The molecule has 8 heteroatoms. The fraction of sp³-hybridized carbons (Fsp3) is 0.364. The van der Waals surface area contributed by atoms with Crippen molar-refractivity contribution in [3.8, 4) is 5.75 Å². The summed E-state index contributed by atoms with van der Waals surface area (Å²) in [4.78, 5) is 16.2. The highest BCUT2D eigenvalue weighted by Gasteiger charge is 2.08. The molecule has 0 radical (unpaired) electrons. The lowest BCUT2D eigenvalue weighted by molar-refractivity contribution is 0.0963. The van der Waals surface area contributed by atoms with Crippen molar-refractivity contribution in [1.82, 2.24) is 16.0 Å². The van der Waals surface area contributed by atoms with E-state index in [1.165, 1.54) is 0 Å². The zero-order valence-corrected chi connectivity index (χ0v) is 20.0. The number of carbonyl (C=O) groups is 1. The predicted molar refractivity (Wildman–Crippen MR) is 131 cm³/mol. The van der Waals surface area contributed by atoms with Crippen LogP contribution in [0.5, 0.6) is 5.75 Å². The minimum absolute atomic E-state index is 0. The molecule has 1 amide bonds. The molecule has 0 heterocycles. The van der Waals surface area contributed by atoms with Crippen LogP contribution >= 0.6 is 24.0 Å². The number of carbonyl (C=O) groups excluding carboxylic acids is 1. The molecular formula is C22H31IN4O3. The normalized spacial score (nSPS) is 11.8. The minimum atomic E-state index is -0.694. The Balaban J connectivity index is 0.00000450. The molecule has 0 spiro atoms. The van der Waals surface area contributed by atoms with Crippen molar-refractivity contribution in [3.05, 3.63) is 65.2 Å². The summed E-state index contributed by atoms with van der Waals surface area (Å²) in [5.41, 5.74) is 2.50. The lowest BCUT2D eigenvalue weighted by Gasteiger charge is -2.14. The zero-order chi connectivity index (χ0) is 21.1. The summed E-state index contributed by atoms with van der Waals surface area (Å²) in [5.74, 6) is 1.30. The van der Waals surface area contributed by atoms with E-state index in [9.17, 15) is 9.90 Å². The fourth-order valence-corrected chi connectivity index (χ4v) is 2.79. The molecule has 30 heavy (non-hydrogen) atoms. The summed E-state index contributed by atoms with van der Waals surface area (Å²) < 4.78 is 5.14. The number of aliphatic hydroxyl groups excluding tert-OH is 1. The smallest absolute Gasteiger partial charge is 0.251 e. The van der Waals surface area contributed by atoms with Crippen LogP contribution in [0.25, 0.3) is 0 Å².